The van der Waals surface area contributed by atoms with Gasteiger partial charge in [0.05, 0.1) is 22.8 Å². The number of aromatic nitrogens is 5. The molecule has 4 aromatic heterocycles. The van der Waals surface area contributed by atoms with E-state index in [1.54, 1.807) is 0 Å². The minimum Gasteiger partial charge on any atom is -0.657 e. The van der Waals surface area contributed by atoms with Gasteiger partial charge in [0, 0.05) is 17.8 Å². The largest absolute Gasteiger partial charge is 2.00 e. The second-order valence-electron chi connectivity index (χ2n) is 11.3. The van der Waals surface area contributed by atoms with Gasteiger partial charge in [-0.3, -0.25) is 4.98 Å². The Labute approximate surface area is 265 Å². The van der Waals surface area contributed by atoms with Crippen LogP contribution in [0.15, 0.2) is 54.9 Å². The smallest absolute Gasteiger partial charge is 0.657 e. The molecule has 2 aliphatic rings. The number of fused-ring (bicyclic) bond motifs is 13. The van der Waals surface area contributed by atoms with Gasteiger partial charge in [0.15, 0.2) is 0 Å². The Morgan fingerprint density at radius 1 is 0.581 bits per heavy atom. The molecule has 0 unspecified atom stereocenters. The molecule has 2 aliphatic heterocycles. The van der Waals surface area contributed by atoms with Crippen molar-refractivity contribution in [3.8, 4) is 0 Å². The Kier molecular flexibility index (Phi) is 7.68. The molecule has 6 heteroatoms. The third-order valence-corrected chi connectivity index (χ3v) is 9.10. The van der Waals surface area contributed by atoms with Crippen molar-refractivity contribution in [3.05, 3.63) is 88.8 Å². The van der Waals surface area contributed by atoms with E-state index < -0.39 is 0 Å². The van der Waals surface area contributed by atoms with E-state index >= 15 is 0 Å². The summed E-state index contributed by atoms with van der Waals surface area (Å²) in [5, 5.41) is 4.50. The first kappa shape index (κ1) is 29.2. The van der Waals surface area contributed by atoms with Crippen molar-refractivity contribution in [1.82, 2.24) is 24.9 Å². The van der Waals surface area contributed by atoms with Crippen LogP contribution in [0.3, 0.4) is 0 Å². The van der Waals surface area contributed by atoms with Crippen LogP contribution in [-0.4, -0.2) is 15.0 Å². The molecule has 0 spiro atoms. The predicted octanol–water partition coefficient (Wildman–Crippen LogP) is 9.08. The second-order valence-corrected chi connectivity index (χ2v) is 11.3. The summed E-state index contributed by atoms with van der Waals surface area (Å²) in [5.74, 6) is 0. The number of rotatable bonds is 4. The molecule has 43 heavy (non-hydrogen) atoms. The van der Waals surface area contributed by atoms with Crippen molar-refractivity contribution < 1.29 is 19.5 Å². The number of benzene rings is 1. The quantitative estimate of drug-likeness (QED) is 0.189. The second kappa shape index (κ2) is 11.3. The summed E-state index contributed by atoms with van der Waals surface area (Å²) in [6, 6.07) is 15.2. The van der Waals surface area contributed by atoms with Crippen LogP contribution in [-0.2, 0) is 32.3 Å². The maximum Gasteiger partial charge on any atom is 2.00 e. The van der Waals surface area contributed by atoms with Crippen molar-refractivity contribution in [2.24, 2.45) is 0 Å². The summed E-state index contributed by atoms with van der Waals surface area (Å²) in [7, 11) is 0. The van der Waals surface area contributed by atoms with Crippen LogP contribution in [0.4, 0.5) is 0 Å². The van der Waals surface area contributed by atoms with Gasteiger partial charge in [-0.05, 0) is 84.0 Å². The van der Waals surface area contributed by atoms with Gasteiger partial charge in [0.1, 0.15) is 0 Å². The zero-order valence-corrected chi connectivity index (χ0v) is 28.9. The Morgan fingerprint density at radius 3 is 1.67 bits per heavy atom. The summed E-state index contributed by atoms with van der Waals surface area (Å²) >= 11 is 0. The number of pyridine rings is 1. The minimum atomic E-state index is 0. The summed E-state index contributed by atoms with van der Waals surface area (Å²) in [6.45, 7) is 13.2. The van der Waals surface area contributed by atoms with Crippen molar-refractivity contribution >= 4 is 65.9 Å². The first-order valence-electron chi connectivity index (χ1n) is 15.2. The van der Waals surface area contributed by atoms with Crippen molar-refractivity contribution in [2.75, 3.05) is 0 Å². The van der Waals surface area contributed by atoms with Gasteiger partial charge in [-0.1, -0.05) is 75.2 Å². The van der Waals surface area contributed by atoms with E-state index in [0.717, 1.165) is 92.1 Å². The number of aryl methyl sites for hydroxylation is 2. The van der Waals surface area contributed by atoms with Gasteiger partial charge in [-0.15, -0.1) is 22.1 Å². The van der Waals surface area contributed by atoms with Crippen molar-refractivity contribution in [1.29, 1.82) is 0 Å². The van der Waals surface area contributed by atoms with E-state index in [9.17, 15) is 0 Å². The predicted molar refractivity (Wildman–Crippen MR) is 176 cm³/mol. The van der Waals surface area contributed by atoms with E-state index in [1.165, 1.54) is 33.4 Å². The minimum absolute atomic E-state index is 0. The Morgan fingerprint density at radius 2 is 1.12 bits per heavy atom. The molecule has 1 aromatic carbocycles. The summed E-state index contributed by atoms with van der Waals surface area (Å²) < 4.78 is 0. The third kappa shape index (κ3) is 4.59. The Balaban J connectivity index is 0.00000329. The van der Waals surface area contributed by atoms with Crippen LogP contribution in [0.1, 0.15) is 88.3 Å². The summed E-state index contributed by atoms with van der Waals surface area (Å²) in [6.07, 6.45) is 7.44. The third-order valence-electron chi connectivity index (χ3n) is 9.10. The average Bonchev–Trinajstić information content (AvgIpc) is 3.70. The molecule has 5 nitrogen and oxygen atoms in total. The van der Waals surface area contributed by atoms with Gasteiger partial charge in [-0.2, -0.15) is 0 Å². The summed E-state index contributed by atoms with van der Waals surface area (Å²) in [5.41, 5.74) is 15.4. The molecule has 0 saturated heterocycles. The standard InChI is InChI=1S/C37H35N5.Zn/c1-7-23-20(5)29-15-33-25(9-3)26(10-4)34(41-33)16-30-21(6)24(8-2)32(40-30)18-36-37-27-13-14-38-19-22(27)11-12-28(37)35(42-36)17-31(23)39-29;/h11-19H,7-10H2,1-6H3;/q-2;+2. The van der Waals surface area contributed by atoms with E-state index in [0.29, 0.717) is 0 Å². The molecular weight excluding hydrogens is 580 g/mol. The Bertz CT molecular complexity index is 2160. The molecule has 0 N–H and O–H groups in total. The van der Waals surface area contributed by atoms with Crippen LogP contribution >= 0.6 is 0 Å². The maximum atomic E-state index is 5.27. The molecule has 6 heterocycles. The summed E-state index contributed by atoms with van der Waals surface area (Å²) in [4.78, 5) is 25.3. The van der Waals surface area contributed by atoms with Gasteiger partial charge in [0.2, 0.25) is 0 Å². The SMILES string of the molecule is CCC1=C(C)c2cc3[n-]c(cc4nc(cc5[n-]c(cc1n2)c1ccc2cnccc2c51)C(CC)=C4C)c(CC)c3CC.[Zn+2]. The number of nitrogens with zero attached hydrogens (tertiary/aromatic N) is 5. The number of hydrogen-bond acceptors (Lipinski definition) is 3. The molecular formula is C37H35N5Zn. The van der Waals surface area contributed by atoms with Gasteiger partial charge in [-0.25, -0.2) is 9.97 Å². The molecule has 0 amide bonds. The molecule has 0 radical (unpaired) electrons. The first-order chi connectivity index (χ1) is 20.4. The van der Waals surface area contributed by atoms with Gasteiger partial charge in [0.25, 0.3) is 0 Å². The van der Waals surface area contributed by atoms with Crippen molar-refractivity contribution in [2.45, 2.75) is 67.2 Å². The van der Waals surface area contributed by atoms with Gasteiger partial charge >= 0.3 is 19.5 Å². The number of hydrogen-bond donors (Lipinski definition) is 0. The molecule has 0 atom stereocenters. The van der Waals surface area contributed by atoms with E-state index in [1.807, 2.05) is 12.4 Å². The normalized spacial score (nSPS) is 13.3. The molecule has 0 fully saturated rings. The van der Waals surface area contributed by atoms with Crippen LogP contribution in [0.2, 0.25) is 0 Å². The molecule has 0 saturated carbocycles. The van der Waals surface area contributed by atoms with Crippen molar-refractivity contribution in [3.63, 3.8) is 0 Å². The molecule has 7 rings (SSSR count). The van der Waals surface area contributed by atoms with Gasteiger partial charge < -0.3 is 9.97 Å². The Hall–Kier alpha value is -3.89. The fourth-order valence-corrected chi connectivity index (χ4v) is 6.91. The van der Waals surface area contributed by atoms with Crippen LogP contribution in [0.25, 0.3) is 65.9 Å². The molecule has 8 bridgehead atoms. The van der Waals surface area contributed by atoms with E-state index in [2.05, 4.69) is 89.0 Å². The first-order valence-corrected chi connectivity index (χ1v) is 15.2. The average molecular weight is 615 g/mol. The monoisotopic (exact) mass is 613 g/mol. The van der Waals surface area contributed by atoms with Crippen LogP contribution in [0, 0.1) is 0 Å². The fourth-order valence-electron chi connectivity index (χ4n) is 6.91. The topological polar surface area (TPSA) is 66.9 Å². The fraction of sp³-hybridized carbons (Fsp3) is 0.270. The molecule has 0 aliphatic carbocycles. The molecule has 210 valence electrons. The van der Waals surface area contributed by atoms with E-state index in [-0.39, 0.29) is 19.5 Å². The molecule has 5 aromatic rings. The zero-order valence-electron chi connectivity index (χ0n) is 26.0. The zero-order chi connectivity index (χ0) is 29.1. The van der Waals surface area contributed by atoms with Crippen LogP contribution in [0.5, 0.6) is 0 Å². The number of allylic oxidation sites excluding steroid dienone is 4. The van der Waals surface area contributed by atoms with E-state index in [4.69, 9.17) is 19.9 Å². The van der Waals surface area contributed by atoms with Crippen LogP contribution < -0.4 is 9.97 Å². The maximum absolute atomic E-state index is 5.27.